The van der Waals surface area contributed by atoms with Crippen LogP contribution in [0, 0.1) is 6.92 Å². The average Bonchev–Trinajstić information content (AvgIpc) is 3.21. The summed E-state index contributed by atoms with van der Waals surface area (Å²) in [6.07, 6.45) is 9.73. The number of fused-ring (bicyclic) bond motifs is 1. The number of carbonyl (C=O) groups excluding carboxylic acids is 1. The summed E-state index contributed by atoms with van der Waals surface area (Å²) in [7, 11) is 0. The Kier molecular flexibility index (Phi) is 4.21. The van der Waals surface area contributed by atoms with Gasteiger partial charge >= 0.3 is 0 Å². The Labute approximate surface area is 154 Å². The standard InChI is InChI=1S/C19H16N6O2/c1-13-4-6-25-17(8-13)22-11-15(19(25)27)18(26)23-10-14-2-3-16(21-9-14)24-7-5-20-12-24/h2-9,11-12H,10H2,1H3,(H,23,26). The fraction of sp³-hybridized carbons (Fsp3) is 0.105. The number of hydrogen-bond acceptors (Lipinski definition) is 5. The van der Waals surface area contributed by atoms with E-state index in [1.165, 1.54) is 10.6 Å². The molecule has 0 aliphatic carbocycles. The van der Waals surface area contributed by atoms with Crippen LogP contribution in [-0.4, -0.2) is 29.8 Å². The SMILES string of the molecule is Cc1ccn2c(=O)c(C(=O)NCc3ccc(-n4ccnc4)nc3)cnc2c1. The quantitative estimate of drug-likeness (QED) is 0.595. The van der Waals surface area contributed by atoms with E-state index in [1.54, 1.807) is 47.8 Å². The number of nitrogens with zero attached hydrogens (tertiary/aromatic N) is 5. The molecule has 1 N–H and O–H groups in total. The van der Waals surface area contributed by atoms with E-state index in [4.69, 9.17) is 0 Å². The van der Waals surface area contributed by atoms with Gasteiger partial charge in [0.05, 0.1) is 0 Å². The Balaban J connectivity index is 1.49. The van der Waals surface area contributed by atoms with Crippen molar-refractivity contribution < 1.29 is 4.79 Å². The smallest absolute Gasteiger partial charge is 0.270 e. The second kappa shape index (κ2) is 6.83. The van der Waals surface area contributed by atoms with Gasteiger partial charge in [0.25, 0.3) is 11.5 Å². The van der Waals surface area contributed by atoms with Crippen molar-refractivity contribution in [3.63, 3.8) is 0 Å². The number of imidazole rings is 1. The number of aromatic nitrogens is 5. The van der Waals surface area contributed by atoms with Crippen LogP contribution < -0.4 is 10.9 Å². The summed E-state index contributed by atoms with van der Waals surface area (Å²) in [6, 6.07) is 7.27. The van der Waals surface area contributed by atoms with Crippen LogP contribution in [0.4, 0.5) is 0 Å². The minimum absolute atomic E-state index is 0.000604. The lowest BCUT2D eigenvalue weighted by molar-refractivity contribution is 0.0949. The van der Waals surface area contributed by atoms with Crippen molar-refractivity contribution in [3.8, 4) is 5.82 Å². The van der Waals surface area contributed by atoms with Gasteiger partial charge in [-0.2, -0.15) is 0 Å². The van der Waals surface area contributed by atoms with Gasteiger partial charge in [-0.15, -0.1) is 0 Å². The van der Waals surface area contributed by atoms with E-state index < -0.39 is 11.5 Å². The zero-order valence-corrected chi connectivity index (χ0v) is 14.5. The molecule has 0 bridgehead atoms. The van der Waals surface area contributed by atoms with Crippen molar-refractivity contribution in [3.05, 3.63) is 88.6 Å². The summed E-state index contributed by atoms with van der Waals surface area (Å²) in [5.74, 6) is 0.260. The normalized spacial score (nSPS) is 10.9. The highest BCUT2D eigenvalue weighted by molar-refractivity contribution is 5.93. The fourth-order valence-corrected chi connectivity index (χ4v) is 2.68. The molecule has 8 heteroatoms. The van der Waals surface area contributed by atoms with Gasteiger partial charge in [-0.3, -0.25) is 18.6 Å². The second-order valence-electron chi connectivity index (χ2n) is 6.09. The molecule has 0 unspecified atom stereocenters. The largest absolute Gasteiger partial charge is 0.348 e. The van der Waals surface area contributed by atoms with Crippen molar-refractivity contribution in [2.75, 3.05) is 0 Å². The lowest BCUT2D eigenvalue weighted by Gasteiger charge is -2.07. The lowest BCUT2D eigenvalue weighted by Crippen LogP contribution is -2.31. The van der Waals surface area contributed by atoms with E-state index in [2.05, 4.69) is 20.3 Å². The molecule has 0 fully saturated rings. The predicted molar refractivity (Wildman–Crippen MR) is 98.7 cm³/mol. The first kappa shape index (κ1) is 16.6. The minimum Gasteiger partial charge on any atom is -0.348 e. The monoisotopic (exact) mass is 360 g/mol. The lowest BCUT2D eigenvalue weighted by atomic mass is 10.2. The minimum atomic E-state index is -0.471. The van der Waals surface area contributed by atoms with Crippen LogP contribution in [0.2, 0.25) is 0 Å². The molecule has 0 saturated carbocycles. The highest BCUT2D eigenvalue weighted by atomic mass is 16.2. The maximum atomic E-state index is 12.5. The van der Waals surface area contributed by atoms with Crippen LogP contribution in [0.25, 0.3) is 11.5 Å². The Bertz CT molecular complexity index is 1160. The molecule has 0 atom stereocenters. The van der Waals surface area contributed by atoms with Gasteiger partial charge in [-0.05, 0) is 36.2 Å². The number of carbonyl (C=O) groups is 1. The molecule has 0 spiro atoms. The second-order valence-corrected chi connectivity index (χ2v) is 6.09. The van der Waals surface area contributed by atoms with E-state index in [-0.39, 0.29) is 12.1 Å². The van der Waals surface area contributed by atoms with Crippen LogP contribution in [0.3, 0.4) is 0 Å². The van der Waals surface area contributed by atoms with Crippen molar-refractivity contribution >= 4 is 11.6 Å². The zero-order valence-electron chi connectivity index (χ0n) is 14.5. The molecule has 0 radical (unpaired) electrons. The number of rotatable bonds is 4. The van der Waals surface area contributed by atoms with Gasteiger partial charge in [-0.25, -0.2) is 15.0 Å². The van der Waals surface area contributed by atoms with Crippen molar-refractivity contribution in [2.24, 2.45) is 0 Å². The predicted octanol–water partition coefficient (Wildman–Crippen LogP) is 1.51. The van der Waals surface area contributed by atoms with E-state index >= 15 is 0 Å². The molecule has 1 amide bonds. The summed E-state index contributed by atoms with van der Waals surface area (Å²) in [4.78, 5) is 37.4. The number of nitrogens with one attached hydrogen (secondary N) is 1. The summed E-state index contributed by atoms with van der Waals surface area (Å²) in [5, 5.41) is 2.73. The van der Waals surface area contributed by atoms with Gasteiger partial charge in [-0.1, -0.05) is 6.07 Å². The first-order valence-electron chi connectivity index (χ1n) is 8.31. The first-order chi connectivity index (χ1) is 13.1. The summed E-state index contributed by atoms with van der Waals surface area (Å²) in [6.45, 7) is 2.17. The van der Waals surface area contributed by atoms with E-state index in [9.17, 15) is 9.59 Å². The molecule has 4 heterocycles. The van der Waals surface area contributed by atoms with Crippen molar-refractivity contribution in [1.82, 2.24) is 29.2 Å². The Morgan fingerprint density at radius 2 is 2.04 bits per heavy atom. The van der Waals surface area contributed by atoms with Crippen LogP contribution >= 0.6 is 0 Å². The van der Waals surface area contributed by atoms with Crippen molar-refractivity contribution in [2.45, 2.75) is 13.5 Å². The maximum absolute atomic E-state index is 12.5. The highest BCUT2D eigenvalue weighted by Gasteiger charge is 2.13. The number of amides is 1. The number of aryl methyl sites for hydroxylation is 1. The molecule has 0 aliphatic rings. The first-order valence-corrected chi connectivity index (χ1v) is 8.31. The fourth-order valence-electron chi connectivity index (χ4n) is 2.68. The maximum Gasteiger partial charge on any atom is 0.270 e. The molecule has 4 aromatic rings. The molecule has 27 heavy (non-hydrogen) atoms. The van der Waals surface area contributed by atoms with Gasteiger partial charge in [0.2, 0.25) is 0 Å². The third-order valence-corrected chi connectivity index (χ3v) is 4.14. The van der Waals surface area contributed by atoms with Crippen LogP contribution in [-0.2, 0) is 6.54 Å². The van der Waals surface area contributed by atoms with Crippen LogP contribution in [0.15, 0.2) is 66.4 Å². The zero-order chi connectivity index (χ0) is 18.8. The number of hydrogen-bond donors (Lipinski definition) is 1. The molecule has 4 rings (SSSR count). The third-order valence-electron chi connectivity index (χ3n) is 4.14. The molecule has 4 aromatic heterocycles. The Morgan fingerprint density at radius 1 is 1.15 bits per heavy atom. The van der Waals surface area contributed by atoms with Crippen LogP contribution in [0.1, 0.15) is 21.5 Å². The molecule has 0 saturated heterocycles. The molecule has 134 valence electrons. The van der Waals surface area contributed by atoms with E-state index in [0.29, 0.717) is 5.65 Å². The summed E-state index contributed by atoms with van der Waals surface area (Å²) in [5.41, 5.74) is 1.92. The van der Waals surface area contributed by atoms with Crippen LogP contribution in [0.5, 0.6) is 0 Å². The molecule has 0 aromatic carbocycles. The van der Waals surface area contributed by atoms with E-state index in [1.807, 2.05) is 19.1 Å². The van der Waals surface area contributed by atoms with E-state index in [0.717, 1.165) is 16.9 Å². The van der Waals surface area contributed by atoms with Crippen molar-refractivity contribution in [1.29, 1.82) is 0 Å². The van der Waals surface area contributed by atoms with Gasteiger partial charge in [0, 0.05) is 37.5 Å². The van der Waals surface area contributed by atoms with Gasteiger partial charge in [0.1, 0.15) is 23.4 Å². The number of pyridine rings is 2. The summed E-state index contributed by atoms with van der Waals surface area (Å²) >= 11 is 0. The van der Waals surface area contributed by atoms with Gasteiger partial charge in [0.15, 0.2) is 0 Å². The molecular formula is C19H16N6O2. The molecular weight excluding hydrogens is 344 g/mol. The molecule has 8 nitrogen and oxygen atoms in total. The highest BCUT2D eigenvalue weighted by Crippen LogP contribution is 2.06. The Hall–Kier alpha value is -3.81. The summed E-state index contributed by atoms with van der Waals surface area (Å²) < 4.78 is 3.15. The Morgan fingerprint density at radius 3 is 2.78 bits per heavy atom. The third kappa shape index (κ3) is 3.32. The average molecular weight is 360 g/mol. The molecule has 0 aliphatic heterocycles. The van der Waals surface area contributed by atoms with Gasteiger partial charge < -0.3 is 5.32 Å². The topological polar surface area (TPSA) is 94.2 Å².